The topological polar surface area (TPSA) is 95.5 Å². The molecule has 0 saturated heterocycles. The Morgan fingerprint density at radius 2 is 1.67 bits per heavy atom. The molecule has 7 heteroatoms. The number of benzene rings is 2. The molecule has 0 aromatic heterocycles. The van der Waals surface area contributed by atoms with Gasteiger partial charge in [-0.15, -0.1) is 11.8 Å². The average Bonchev–Trinajstić information content (AvgIpc) is 2.63. The molecule has 0 bridgehead atoms. The number of carbonyl (C=O) groups excluding carboxylic acids is 2. The molecule has 0 aliphatic rings. The number of thioether (sulfide) groups is 1. The van der Waals surface area contributed by atoms with E-state index in [0.717, 1.165) is 16.1 Å². The fourth-order valence-electron chi connectivity index (χ4n) is 2.27. The summed E-state index contributed by atoms with van der Waals surface area (Å²) >= 11 is 1.42. The summed E-state index contributed by atoms with van der Waals surface area (Å²) in [6.07, 6.45) is -0.269. The second-order valence-corrected chi connectivity index (χ2v) is 7.44. The average molecular weight is 386 g/mol. The fraction of sp³-hybridized carbons (Fsp3) is 0.250. The highest BCUT2D eigenvalue weighted by Gasteiger charge is 2.15. The first-order chi connectivity index (χ1) is 12.8. The molecule has 0 heterocycles. The van der Waals surface area contributed by atoms with Gasteiger partial charge < -0.3 is 15.7 Å². The van der Waals surface area contributed by atoms with Gasteiger partial charge >= 0.3 is 5.97 Å². The summed E-state index contributed by atoms with van der Waals surface area (Å²) < 4.78 is 0. The number of carbonyl (C=O) groups is 3. The third-order valence-corrected chi connectivity index (χ3v) is 4.90. The smallest absolute Gasteiger partial charge is 0.303 e. The number of hydrogen-bond acceptors (Lipinski definition) is 4. The van der Waals surface area contributed by atoms with Crippen LogP contribution in [0.3, 0.4) is 0 Å². The summed E-state index contributed by atoms with van der Waals surface area (Å²) in [4.78, 5) is 35.4. The normalized spacial score (nSPS) is 11.5. The van der Waals surface area contributed by atoms with E-state index in [-0.39, 0.29) is 29.9 Å². The van der Waals surface area contributed by atoms with Gasteiger partial charge in [-0.1, -0.05) is 18.2 Å². The Labute approximate surface area is 162 Å². The molecular formula is C20H22N2O4S. The molecule has 2 aromatic rings. The molecule has 1 atom stereocenters. The number of aliphatic carboxylic acids is 1. The number of amides is 2. The largest absolute Gasteiger partial charge is 0.481 e. The maximum absolute atomic E-state index is 12.4. The van der Waals surface area contributed by atoms with Crippen molar-refractivity contribution in [3.05, 3.63) is 54.1 Å². The Kier molecular flexibility index (Phi) is 7.43. The second kappa shape index (κ2) is 9.78. The van der Waals surface area contributed by atoms with Gasteiger partial charge in [0, 0.05) is 22.7 Å². The van der Waals surface area contributed by atoms with Crippen LogP contribution in [-0.2, 0) is 14.4 Å². The van der Waals surface area contributed by atoms with Crippen LogP contribution >= 0.6 is 11.8 Å². The number of nitrogens with one attached hydrogen (secondary N) is 2. The predicted molar refractivity (Wildman–Crippen MR) is 107 cm³/mol. The van der Waals surface area contributed by atoms with Gasteiger partial charge in [0.05, 0.1) is 11.7 Å². The molecule has 2 amide bonds. The standard InChI is InChI=1S/C20H22N2O4S/c1-13-5-3-4-6-17(13)22-20(26)14(2)27-16-9-7-15(8-10-16)21-18(23)11-12-19(24)25/h3-10,14H,11-12H2,1-2H3,(H,21,23)(H,22,26)(H,24,25). The van der Waals surface area contributed by atoms with Crippen LogP contribution in [0.1, 0.15) is 25.3 Å². The van der Waals surface area contributed by atoms with Crippen molar-refractivity contribution in [1.82, 2.24) is 0 Å². The molecule has 1 unspecified atom stereocenters. The van der Waals surface area contributed by atoms with E-state index in [9.17, 15) is 14.4 Å². The molecule has 2 aromatic carbocycles. The van der Waals surface area contributed by atoms with Crippen LogP contribution < -0.4 is 10.6 Å². The van der Waals surface area contributed by atoms with E-state index < -0.39 is 5.97 Å². The molecule has 27 heavy (non-hydrogen) atoms. The van der Waals surface area contributed by atoms with Crippen molar-refractivity contribution in [2.24, 2.45) is 0 Å². The van der Waals surface area contributed by atoms with Gasteiger partial charge in [0.2, 0.25) is 11.8 Å². The van der Waals surface area contributed by atoms with Gasteiger partial charge in [0.25, 0.3) is 0 Å². The van der Waals surface area contributed by atoms with Gasteiger partial charge in [-0.05, 0) is 49.7 Å². The summed E-state index contributed by atoms with van der Waals surface area (Å²) in [6.45, 7) is 3.77. The van der Waals surface area contributed by atoms with Crippen LogP contribution in [0, 0.1) is 6.92 Å². The summed E-state index contributed by atoms with van der Waals surface area (Å²) in [7, 11) is 0. The summed E-state index contributed by atoms with van der Waals surface area (Å²) in [6, 6.07) is 14.7. The lowest BCUT2D eigenvalue weighted by Gasteiger charge is -2.14. The lowest BCUT2D eigenvalue weighted by Crippen LogP contribution is -2.22. The van der Waals surface area contributed by atoms with Crippen molar-refractivity contribution >= 4 is 40.9 Å². The second-order valence-electron chi connectivity index (χ2n) is 6.03. The fourth-order valence-corrected chi connectivity index (χ4v) is 3.13. The highest BCUT2D eigenvalue weighted by atomic mass is 32.2. The van der Waals surface area contributed by atoms with Gasteiger partial charge in [-0.25, -0.2) is 0 Å². The molecular weight excluding hydrogens is 364 g/mol. The molecule has 0 radical (unpaired) electrons. The quantitative estimate of drug-likeness (QED) is 0.598. The lowest BCUT2D eigenvalue weighted by molar-refractivity contribution is -0.138. The minimum absolute atomic E-state index is 0.0675. The van der Waals surface area contributed by atoms with E-state index in [4.69, 9.17) is 5.11 Å². The Bertz CT molecular complexity index is 821. The van der Waals surface area contributed by atoms with Crippen molar-refractivity contribution in [2.45, 2.75) is 36.8 Å². The van der Waals surface area contributed by atoms with Gasteiger partial charge in [-0.3, -0.25) is 14.4 Å². The first-order valence-electron chi connectivity index (χ1n) is 8.50. The summed E-state index contributed by atoms with van der Waals surface area (Å²) in [5.74, 6) is -1.43. The predicted octanol–water partition coefficient (Wildman–Crippen LogP) is 3.92. The Morgan fingerprint density at radius 3 is 2.30 bits per heavy atom. The van der Waals surface area contributed by atoms with Crippen molar-refractivity contribution < 1.29 is 19.5 Å². The minimum Gasteiger partial charge on any atom is -0.481 e. The Balaban J connectivity index is 1.87. The van der Waals surface area contributed by atoms with Crippen molar-refractivity contribution in [2.75, 3.05) is 10.6 Å². The van der Waals surface area contributed by atoms with E-state index in [1.54, 1.807) is 12.1 Å². The first-order valence-corrected chi connectivity index (χ1v) is 9.38. The van der Waals surface area contributed by atoms with Gasteiger partial charge in [0.15, 0.2) is 0 Å². The third kappa shape index (κ3) is 6.79. The molecule has 0 fully saturated rings. The Morgan fingerprint density at radius 1 is 1.00 bits per heavy atom. The maximum Gasteiger partial charge on any atom is 0.303 e. The highest BCUT2D eigenvalue weighted by molar-refractivity contribution is 8.00. The van der Waals surface area contributed by atoms with Gasteiger partial charge in [0.1, 0.15) is 0 Å². The van der Waals surface area contributed by atoms with Crippen molar-refractivity contribution in [1.29, 1.82) is 0 Å². The summed E-state index contributed by atoms with van der Waals surface area (Å²) in [5.41, 5.74) is 2.40. The van der Waals surface area contributed by atoms with Crippen LogP contribution in [0.2, 0.25) is 0 Å². The summed E-state index contributed by atoms with van der Waals surface area (Å²) in [5, 5.41) is 13.9. The van der Waals surface area contributed by atoms with Crippen molar-refractivity contribution in [3.63, 3.8) is 0 Å². The number of para-hydroxylation sites is 1. The molecule has 0 saturated carbocycles. The first kappa shape index (κ1) is 20.5. The van der Waals surface area contributed by atoms with E-state index in [0.29, 0.717) is 5.69 Å². The highest BCUT2D eigenvalue weighted by Crippen LogP contribution is 2.26. The van der Waals surface area contributed by atoms with Crippen LogP contribution in [0.5, 0.6) is 0 Å². The monoisotopic (exact) mass is 386 g/mol. The molecule has 142 valence electrons. The zero-order chi connectivity index (χ0) is 19.8. The zero-order valence-electron chi connectivity index (χ0n) is 15.2. The van der Waals surface area contributed by atoms with Crippen LogP contribution in [-0.4, -0.2) is 28.1 Å². The number of carboxylic acids is 1. The zero-order valence-corrected chi connectivity index (χ0v) is 16.0. The van der Waals surface area contributed by atoms with E-state index in [1.807, 2.05) is 50.2 Å². The number of aryl methyl sites for hydroxylation is 1. The maximum atomic E-state index is 12.4. The van der Waals surface area contributed by atoms with Gasteiger partial charge in [-0.2, -0.15) is 0 Å². The van der Waals surface area contributed by atoms with Crippen LogP contribution in [0.4, 0.5) is 11.4 Å². The number of hydrogen-bond donors (Lipinski definition) is 3. The SMILES string of the molecule is Cc1ccccc1NC(=O)C(C)Sc1ccc(NC(=O)CCC(=O)O)cc1. The van der Waals surface area contributed by atoms with E-state index in [1.165, 1.54) is 11.8 Å². The number of rotatable bonds is 8. The lowest BCUT2D eigenvalue weighted by atomic mass is 10.2. The van der Waals surface area contributed by atoms with E-state index >= 15 is 0 Å². The molecule has 0 aliphatic carbocycles. The number of carboxylic acid groups (broad SMARTS) is 1. The van der Waals surface area contributed by atoms with Crippen molar-refractivity contribution in [3.8, 4) is 0 Å². The van der Waals surface area contributed by atoms with E-state index in [2.05, 4.69) is 10.6 Å². The minimum atomic E-state index is -1.00. The van der Waals surface area contributed by atoms with Crippen LogP contribution in [0.15, 0.2) is 53.4 Å². The molecule has 6 nitrogen and oxygen atoms in total. The molecule has 2 rings (SSSR count). The Hall–Kier alpha value is -2.80. The molecule has 0 spiro atoms. The molecule has 3 N–H and O–H groups in total. The number of anilines is 2. The third-order valence-electron chi connectivity index (χ3n) is 3.79. The van der Waals surface area contributed by atoms with Crippen LogP contribution in [0.25, 0.3) is 0 Å². The molecule has 0 aliphatic heterocycles.